The van der Waals surface area contributed by atoms with Gasteiger partial charge in [-0.1, -0.05) is 6.07 Å². The molecule has 0 amide bonds. The summed E-state index contributed by atoms with van der Waals surface area (Å²) in [5.74, 6) is 0. The lowest BCUT2D eigenvalue weighted by atomic mass is 10.2. The molecule has 0 aliphatic rings. The molecule has 98 valence electrons. The van der Waals surface area contributed by atoms with Gasteiger partial charge in [0, 0.05) is 0 Å². The highest BCUT2D eigenvalue weighted by Crippen LogP contribution is 2.21. The van der Waals surface area contributed by atoms with Crippen molar-refractivity contribution in [1.82, 2.24) is 0 Å². The zero-order valence-electron chi connectivity index (χ0n) is 10.3. The van der Waals surface area contributed by atoms with Crippen molar-refractivity contribution >= 4 is 27.1 Å². The fourth-order valence-electron chi connectivity index (χ4n) is 1.20. The van der Waals surface area contributed by atoms with Crippen molar-refractivity contribution in [1.29, 1.82) is 10.5 Å². The van der Waals surface area contributed by atoms with Crippen LogP contribution in [0.5, 0.6) is 0 Å². The van der Waals surface area contributed by atoms with Crippen molar-refractivity contribution in [2.75, 3.05) is 16.4 Å². The monoisotopic (exact) mass is 277 g/mol. The number of nitrogens with one attached hydrogen (secondary N) is 2. The summed E-state index contributed by atoms with van der Waals surface area (Å²) in [6.45, 7) is 1.75. The molecule has 0 atom stereocenters. The molecule has 2 N–H and O–H groups in total. The predicted molar refractivity (Wildman–Crippen MR) is 71.9 cm³/mol. The van der Waals surface area contributed by atoms with E-state index in [1.165, 1.54) is 6.07 Å². The van der Waals surface area contributed by atoms with Gasteiger partial charge in [0.05, 0.1) is 17.6 Å². The van der Waals surface area contributed by atoms with Crippen LogP contribution in [0.1, 0.15) is 5.56 Å². The lowest BCUT2D eigenvalue weighted by Gasteiger charge is -2.09. The number of aryl methyl sites for hydroxylation is 1. The van der Waals surface area contributed by atoms with Crippen molar-refractivity contribution in [2.24, 2.45) is 5.10 Å². The Balaban J connectivity index is 3.01. The van der Waals surface area contributed by atoms with Gasteiger partial charge in [-0.05, 0) is 24.6 Å². The molecule has 0 radical (unpaired) electrons. The van der Waals surface area contributed by atoms with Gasteiger partial charge in [-0.25, -0.2) is 8.42 Å². The Kier molecular flexibility index (Phi) is 4.46. The number of benzene rings is 1. The van der Waals surface area contributed by atoms with Gasteiger partial charge in [0.1, 0.15) is 12.1 Å². The fourth-order valence-corrected chi connectivity index (χ4v) is 1.82. The van der Waals surface area contributed by atoms with Crippen molar-refractivity contribution in [2.45, 2.75) is 6.92 Å². The van der Waals surface area contributed by atoms with E-state index in [0.29, 0.717) is 11.4 Å². The Morgan fingerprint density at radius 3 is 2.47 bits per heavy atom. The van der Waals surface area contributed by atoms with E-state index in [4.69, 9.17) is 10.5 Å². The van der Waals surface area contributed by atoms with E-state index in [2.05, 4.69) is 15.2 Å². The van der Waals surface area contributed by atoms with Gasteiger partial charge in [-0.3, -0.25) is 10.1 Å². The van der Waals surface area contributed by atoms with Crippen LogP contribution >= 0.6 is 0 Å². The van der Waals surface area contributed by atoms with Crippen LogP contribution in [0.15, 0.2) is 23.3 Å². The summed E-state index contributed by atoms with van der Waals surface area (Å²) in [7, 11) is -3.38. The molecule has 0 aromatic heterocycles. The second-order valence-electron chi connectivity index (χ2n) is 3.70. The summed E-state index contributed by atoms with van der Waals surface area (Å²) in [5, 5.41) is 20.6. The van der Waals surface area contributed by atoms with Crippen LogP contribution in [-0.4, -0.2) is 20.4 Å². The summed E-state index contributed by atoms with van der Waals surface area (Å²) in [5.41, 5.74) is 3.78. The number of nitriles is 2. The van der Waals surface area contributed by atoms with E-state index in [-0.39, 0.29) is 5.71 Å². The number of hydrogen-bond acceptors (Lipinski definition) is 6. The Hall–Kier alpha value is -2.58. The molecule has 1 aromatic carbocycles. The van der Waals surface area contributed by atoms with Gasteiger partial charge in [0.25, 0.3) is 0 Å². The number of nitrogens with zero attached hydrogens (tertiary/aromatic N) is 3. The van der Waals surface area contributed by atoms with E-state index >= 15 is 0 Å². The summed E-state index contributed by atoms with van der Waals surface area (Å²) >= 11 is 0. The first-order valence-electron chi connectivity index (χ1n) is 5.08. The molecule has 1 rings (SSSR count). The van der Waals surface area contributed by atoms with Gasteiger partial charge in [0.15, 0.2) is 0 Å². The van der Waals surface area contributed by atoms with E-state index in [1.807, 2.05) is 0 Å². The largest absolute Gasteiger partial charge is 0.283 e. The van der Waals surface area contributed by atoms with Gasteiger partial charge in [-0.15, -0.1) is 0 Å². The van der Waals surface area contributed by atoms with Crippen molar-refractivity contribution in [3.8, 4) is 12.1 Å². The van der Waals surface area contributed by atoms with Crippen LogP contribution in [0.25, 0.3) is 0 Å². The molecule has 0 aliphatic heterocycles. The maximum atomic E-state index is 11.2. The molecule has 0 unspecified atom stereocenters. The third-order valence-electron chi connectivity index (χ3n) is 2.04. The number of hydrazone groups is 1. The van der Waals surface area contributed by atoms with Crippen LogP contribution in [0.3, 0.4) is 0 Å². The molecule has 0 fully saturated rings. The third kappa shape index (κ3) is 4.66. The van der Waals surface area contributed by atoms with Crippen LogP contribution < -0.4 is 10.1 Å². The second kappa shape index (κ2) is 5.85. The van der Waals surface area contributed by atoms with Gasteiger partial charge < -0.3 is 0 Å². The average Bonchev–Trinajstić information content (AvgIpc) is 2.32. The first kappa shape index (κ1) is 14.5. The summed E-state index contributed by atoms with van der Waals surface area (Å²) in [4.78, 5) is 0. The Bertz CT molecular complexity index is 679. The normalized spacial score (nSPS) is 9.89. The molecule has 0 bridgehead atoms. The molecule has 19 heavy (non-hydrogen) atoms. The quantitative estimate of drug-likeness (QED) is 0.632. The SMILES string of the molecule is Cc1ccc(NN=C(C#N)C#N)cc1NS(C)(=O)=O. The zero-order valence-corrected chi connectivity index (χ0v) is 11.1. The topological polar surface area (TPSA) is 118 Å². The highest BCUT2D eigenvalue weighted by atomic mass is 32.2. The van der Waals surface area contributed by atoms with Crippen LogP contribution in [-0.2, 0) is 10.0 Å². The van der Waals surface area contributed by atoms with Gasteiger partial charge in [-0.2, -0.15) is 15.6 Å². The Morgan fingerprint density at radius 2 is 1.95 bits per heavy atom. The molecule has 0 saturated heterocycles. The van der Waals surface area contributed by atoms with E-state index < -0.39 is 10.0 Å². The van der Waals surface area contributed by atoms with Gasteiger partial charge in [0.2, 0.25) is 15.7 Å². The molecule has 7 nitrogen and oxygen atoms in total. The van der Waals surface area contributed by atoms with E-state index in [0.717, 1.165) is 11.8 Å². The van der Waals surface area contributed by atoms with E-state index in [9.17, 15) is 8.42 Å². The minimum atomic E-state index is -3.38. The summed E-state index contributed by atoms with van der Waals surface area (Å²) in [6.07, 6.45) is 1.05. The van der Waals surface area contributed by atoms with Crippen molar-refractivity contribution in [3.63, 3.8) is 0 Å². The first-order valence-corrected chi connectivity index (χ1v) is 6.97. The van der Waals surface area contributed by atoms with Gasteiger partial charge >= 0.3 is 0 Å². The molecule has 1 aromatic rings. The summed E-state index contributed by atoms with van der Waals surface area (Å²) in [6, 6.07) is 8.06. The number of anilines is 2. The minimum Gasteiger partial charge on any atom is -0.283 e. The molecular weight excluding hydrogens is 266 g/mol. The molecule has 0 heterocycles. The van der Waals surface area contributed by atoms with Crippen molar-refractivity contribution < 1.29 is 8.42 Å². The smallest absolute Gasteiger partial charge is 0.237 e. The predicted octanol–water partition coefficient (Wildman–Crippen LogP) is 1.18. The lowest BCUT2D eigenvalue weighted by molar-refractivity contribution is 0.607. The second-order valence-corrected chi connectivity index (χ2v) is 5.45. The highest BCUT2D eigenvalue weighted by molar-refractivity contribution is 7.92. The number of rotatable bonds is 4. The Morgan fingerprint density at radius 1 is 1.32 bits per heavy atom. The summed E-state index contributed by atoms with van der Waals surface area (Å²) < 4.78 is 24.7. The maximum absolute atomic E-state index is 11.2. The standard InChI is InChI=1S/C11H11N5O2S/c1-8-3-4-9(14-15-10(6-12)7-13)5-11(8)16-19(2,17)18/h3-5,14,16H,1-2H3. The first-order chi connectivity index (χ1) is 8.85. The minimum absolute atomic E-state index is 0.321. The fraction of sp³-hybridized carbons (Fsp3) is 0.182. The zero-order chi connectivity index (χ0) is 14.5. The molecule has 8 heteroatoms. The highest BCUT2D eigenvalue weighted by Gasteiger charge is 2.06. The average molecular weight is 277 g/mol. The lowest BCUT2D eigenvalue weighted by Crippen LogP contribution is -2.10. The molecular formula is C11H11N5O2S. The number of hydrogen-bond donors (Lipinski definition) is 2. The molecule has 0 spiro atoms. The van der Waals surface area contributed by atoms with E-state index in [1.54, 1.807) is 31.2 Å². The maximum Gasteiger partial charge on any atom is 0.237 e. The number of sulfonamides is 1. The molecule has 0 saturated carbocycles. The van der Waals surface area contributed by atoms with Crippen molar-refractivity contribution in [3.05, 3.63) is 23.8 Å². The van der Waals surface area contributed by atoms with Crippen LogP contribution in [0.4, 0.5) is 11.4 Å². The van der Waals surface area contributed by atoms with Crippen LogP contribution in [0.2, 0.25) is 0 Å². The Labute approximate surface area is 111 Å². The van der Waals surface area contributed by atoms with Crippen LogP contribution in [0, 0.1) is 29.6 Å². The third-order valence-corrected chi connectivity index (χ3v) is 2.63. The molecule has 0 aliphatic carbocycles.